The molecule has 2 aromatic carbocycles. The molecule has 0 amide bonds. The Morgan fingerprint density at radius 2 is 1.80 bits per heavy atom. The van der Waals surface area contributed by atoms with Crippen molar-refractivity contribution in [1.29, 1.82) is 0 Å². The lowest BCUT2D eigenvalue weighted by Crippen LogP contribution is -2.03. The summed E-state index contributed by atoms with van der Waals surface area (Å²) in [6, 6.07) is 10.4. The lowest BCUT2D eigenvalue weighted by atomic mass is 10.1. The molecule has 0 atom stereocenters. The first-order chi connectivity index (χ1) is 9.52. The van der Waals surface area contributed by atoms with E-state index in [9.17, 15) is 0 Å². The average Bonchev–Trinajstić information content (AvgIpc) is 2.42. The van der Waals surface area contributed by atoms with Gasteiger partial charge in [-0.05, 0) is 75.0 Å². The van der Waals surface area contributed by atoms with Gasteiger partial charge in [0.25, 0.3) is 0 Å². The fourth-order valence-corrected chi connectivity index (χ4v) is 2.85. The highest BCUT2D eigenvalue weighted by molar-refractivity contribution is 9.13. The van der Waals surface area contributed by atoms with Gasteiger partial charge in [0.15, 0.2) is 0 Å². The Morgan fingerprint density at radius 1 is 1.05 bits per heavy atom. The number of benzene rings is 2. The third-order valence-corrected chi connectivity index (χ3v) is 5.15. The molecule has 0 saturated heterocycles. The third kappa shape index (κ3) is 3.36. The van der Waals surface area contributed by atoms with Gasteiger partial charge in [0.1, 0.15) is 5.75 Å². The first-order valence-corrected chi connectivity index (χ1v) is 7.93. The van der Waals surface area contributed by atoms with E-state index < -0.39 is 0 Å². The van der Waals surface area contributed by atoms with Gasteiger partial charge in [0, 0.05) is 26.7 Å². The Morgan fingerprint density at radius 3 is 2.45 bits per heavy atom. The van der Waals surface area contributed by atoms with Crippen molar-refractivity contribution >= 4 is 37.5 Å². The summed E-state index contributed by atoms with van der Waals surface area (Å²) in [6.07, 6.45) is 0. The molecule has 0 radical (unpaired) electrons. The maximum absolute atomic E-state index is 5.45. The zero-order valence-electron chi connectivity index (χ0n) is 11.8. The summed E-state index contributed by atoms with van der Waals surface area (Å²) in [5, 5.41) is 3.46. The van der Waals surface area contributed by atoms with Crippen molar-refractivity contribution in [2.75, 3.05) is 12.4 Å². The van der Waals surface area contributed by atoms with Crippen LogP contribution in [-0.4, -0.2) is 7.11 Å². The van der Waals surface area contributed by atoms with Gasteiger partial charge >= 0.3 is 0 Å². The maximum atomic E-state index is 5.45. The molecule has 2 aromatic rings. The molecule has 2 rings (SSSR count). The van der Waals surface area contributed by atoms with Gasteiger partial charge in [-0.15, -0.1) is 0 Å². The molecule has 0 saturated carbocycles. The van der Waals surface area contributed by atoms with Crippen LogP contribution in [0.3, 0.4) is 0 Å². The number of methoxy groups -OCH3 is 1. The number of ether oxygens (including phenoxy) is 1. The van der Waals surface area contributed by atoms with Crippen LogP contribution in [0.4, 0.5) is 5.69 Å². The molecule has 4 heteroatoms. The van der Waals surface area contributed by atoms with E-state index in [1.165, 1.54) is 5.56 Å². The average molecular weight is 399 g/mol. The van der Waals surface area contributed by atoms with Crippen molar-refractivity contribution in [3.05, 3.63) is 56.0 Å². The van der Waals surface area contributed by atoms with E-state index >= 15 is 0 Å². The molecule has 0 aliphatic rings. The summed E-state index contributed by atoms with van der Waals surface area (Å²) in [5.74, 6) is 0.951. The summed E-state index contributed by atoms with van der Waals surface area (Å²) in [5.41, 5.74) is 4.62. The topological polar surface area (TPSA) is 21.3 Å². The minimum Gasteiger partial charge on any atom is -0.496 e. The highest BCUT2D eigenvalue weighted by Gasteiger charge is 2.07. The molecule has 1 N–H and O–H groups in total. The lowest BCUT2D eigenvalue weighted by molar-refractivity contribution is 0.409. The van der Waals surface area contributed by atoms with Gasteiger partial charge in [0.05, 0.1) is 7.11 Å². The van der Waals surface area contributed by atoms with E-state index in [0.29, 0.717) is 0 Å². The Hall–Kier alpha value is -1.000. The molecule has 0 aliphatic heterocycles. The molecule has 106 valence electrons. The fraction of sp³-hybridized carbons (Fsp3) is 0.250. The predicted octanol–water partition coefficient (Wildman–Crippen LogP) is 5.45. The van der Waals surface area contributed by atoms with Gasteiger partial charge in [-0.1, -0.05) is 12.1 Å². The number of hydrogen-bond acceptors (Lipinski definition) is 2. The molecular weight excluding hydrogens is 382 g/mol. The second-order valence-corrected chi connectivity index (χ2v) is 6.40. The molecule has 0 spiro atoms. The van der Waals surface area contributed by atoms with Crippen molar-refractivity contribution in [3.8, 4) is 5.75 Å². The van der Waals surface area contributed by atoms with Gasteiger partial charge < -0.3 is 10.1 Å². The van der Waals surface area contributed by atoms with Crippen LogP contribution in [0.2, 0.25) is 0 Å². The first kappa shape index (κ1) is 15.4. The molecule has 2 nitrogen and oxygen atoms in total. The number of hydrogen-bond donors (Lipinski definition) is 1. The second-order valence-electron chi connectivity index (χ2n) is 4.69. The van der Waals surface area contributed by atoms with Gasteiger partial charge in [0.2, 0.25) is 0 Å². The zero-order chi connectivity index (χ0) is 14.7. The van der Waals surface area contributed by atoms with E-state index in [-0.39, 0.29) is 0 Å². The van der Waals surface area contributed by atoms with E-state index in [1.807, 2.05) is 6.07 Å². The summed E-state index contributed by atoms with van der Waals surface area (Å²) in [6.45, 7) is 4.91. The molecule has 0 aliphatic carbocycles. The highest BCUT2D eigenvalue weighted by Crippen LogP contribution is 2.30. The standard InChI is InChI=1S/C16H17Br2NO/c1-10-4-7-15(11(2)16(10)20-3)19-9-12-5-6-13(17)14(18)8-12/h4-8,19H,9H2,1-3H3. The molecule has 20 heavy (non-hydrogen) atoms. The normalized spacial score (nSPS) is 10.4. The monoisotopic (exact) mass is 397 g/mol. The van der Waals surface area contributed by atoms with Crippen LogP contribution in [0.25, 0.3) is 0 Å². The van der Waals surface area contributed by atoms with Crippen molar-refractivity contribution in [1.82, 2.24) is 0 Å². The Bertz CT molecular complexity index is 626. The zero-order valence-corrected chi connectivity index (χ0v) is 14.9. The Kier molecular flexibility index (Phi) is 5.11. The molecule has 0 fully saturated rings. The third-order valence-electron chi connectivity index (χ3n) is 3.27. The predicted molar refractivity (Wildman–Crippen MR) is 91.6 cm³/mol. The smallest absolute Gasteiger partial charge is 0.126 e. The lowest BCUT2D eigenvalue weighted by Gasteiger charge is -2.15. The summed E-state index contributed by atoms with van der Waals surface area (Å²) < 4.78 is 7.58. The SMILES string of the molecule is COc1c(C)ccc(NCc2ccc(Br)c(Br)c2)c1C. The van der Waals surface area contributed by atoms with Crippen molar-refractivity contribution in [2.24, 2.45) is 0 Å². The molecule has 0 unspecified atom stereocenters. The molecule has 0 bridgehead atoms. The number of halogens is 2. The van der Waals surface area contributed by atoms with Crippen LogP contribution in [0.5, 0.6) is 5.75 Å². The number of aryl methyl sites for hydroxylation is 1. The Balaban J connectivity index is 2.16. The number of rotatable bonds is 4. The van der Waals surface area contributed by atoms with Crippen LogP contribution in [0.15, 0.2) is 39.3 Å². The molecule has 0 aromatic heterocycles. The van der Waals surface area contributed by atoms with Crippen LogP contribution in [-0.2, 0) is 6.54 Å². The highest BCUT2D eigenvalue weighted by atomic mass is 79.9. The van der Waals surface area contributed by atoms with Crippen LogP contribution >= 0.6 is 31.9 Å². The molecular formula is C16H17Br2NO. The van der Waals surface area contributed by atoms with Gasteiger partial charge in [-0.2, -0.15) is 0 Å². The van der Waals surface area contributed by atoms with E-state index in [0.717, 1.165) is 38.1 Å². The second kappa shape index (κ2) is 6.64. The largest absolute Gasteiger partial charge is 0.496 e. The fourth-order valence-electron chi connectivity index (χ4n) is 2.18. The van der Waals surface area contributed by atoms with Crippen molar-refractivity contribution in [2.45, 2.75) is 20.4 Å². The van der Waals surface area contributed by atoms with Crippen molar-refractivity contribution < 1.29 is 4.74 Å². The van der Waals surface area contributed by atoms with Crippen LogP contribution in [0.1, 0.15) is 16.7 Å². The quantitative estimate of drug-likeness (QED) is 0.739. The first-order valence-electron chi connectivity index (χ1n) is 6.35. The van der Waals surface area contributed by atoms with Crippen LogP contribution < -0.4 is 10.1 Å². The van der Waals surface area contributed by atoms with Gasteiger partial charge in [-0.25, -0.2) is 0 Å². The Labute approximate surface area is 136 Å². The minimum absolute atomic E-state index is 0.777. The van der Waals surface area contributed by atoms with Gasteiger partial charge in [-0.3, -0.25) is 0 Å². The summed E-state index contributed by atoms with van der Waals surface area (Å²) in [4.78, 5) is 0. The van der Waals surface area contributed by atoms with E-state index in [2.05, 4.69) is 75.3 Å². The van der Waals surface area contributed by atoms with Crippen LogP contribution in [0, 0.1) is 13.8 Å². The molecule has 0 heterocycles. The van der Waals surface area contributed by atoms with E-state index in [4.69, 9.17) is 4.74 Å². The van der Waals surface area contributed by atoms with E-state index in [1.54, 1.807) is 7.11 Å². The number of anilines is 1. The summed E-state index contributed by atoms with van der Waals surface area (Å²) >= 11 is 7.00. The number of nitrogens with one attached hydrogen (secondary N) is 1. The summed E-state index contributed by atoms with van der Waals surface area (Å²) in [7, 11) is 1.71. The van der Waals surface area contributed by atoms with Crippen molar-refractivity contribution in [3.63, 3.8) is 0 Å². The maximum Gasteiger partial charge on any atom is 0.126 e. The minimum atomic E-state index is 0.777.